The fourth-order valence-electron chi connectivity index (χ4n) is 2.75. The molecule has 0 saturated carbocycles. The number of sulfonamides is 1. The summed E-state index contributed by atoms with van der Waals surface area (Å²) in [6.07, 6.45) is 0. The van der Waals surface area contributed by atoms with Crippen LogP contribution in [0.1, 0.15) is 34.5 Å². The number of benzene rings is 3. The molecule has 29 heavy (non-hydrogen) atoms. The van der Waals surface area contributed by atoms with Crippen molar-refractivity contribution in [2.75, 3.05) is 0 Å². The predicted molar refractivity (Wildman–Crippen MR) is 117 cm³/mol. The maximum atomic E-state index is 12.4. The molecule has 0 saturated heterocycles. The number of hydrogen-bond acceptors (Lipinski definition) is 3. The maximum absolute atomic E-state index is 12.4. The molecule has 1 amide bonds. The van der Waals surface area contributed by atoms with Crippen molar-refractivity contribution < 1.29 is 13.2 Å². The first-order valence-electron chi connectivity index (χ1n) is 9.05. The van der Waals surface area contributed by atoms with Gasteiger partial charge < -0.3 is 5.32 Å². The number of amides is 1. The van der Waals surface area contributed by atoms with Crippen molar-refractivity contribution >= 4 is 31.9 Å². The Balaban J connectivity index is 1.59. The van der Waals surface area contributed by atoms with Crippen LogP contribution in [0.2, 0.25) is 0 Å². The van der Waals surface area contributed by atoms with Gasteiger partial charge in [-0.15, -0.1) is 0 Å². The fourth-order valence-corrected chi connectivity index (χ4v) is 4.04. The van der Waals surface area contributed by atoms with Crippen LogP contribution in [0, 0.1) is 0 Å². The van der Waals surface area contributed by atoms with E-state index in [2.05, 4.69) is 26.0 Å². The monoisotopic (exact) mass is 472 g/mol. The van der Waals surface area contributed by atoms with Gasteiger partial charge in [0.25, 0.3) is 5.91 Å². The maximum Gasteiger partial charge on any atom is 0.251 e. The van der Waals surface area contributed by atoms with E-state index in [0.29, 0.717) is 5.56 Å². The largest absolute Gasteiger partial charge is 0.346 e. The summed E-state index contributed by atoms with van der Waals surface area (Å²) in [6.45, 7) is 2.07. The van der Waals surface area contributed by atoms with Gasteiger partial charge in [0.1, 0.15) is 0 Å². The Kier molecular flexibility index (Phi) is 6.84. The summed E-state index contributed by atoms with van der Waals surface area (Å²) in [5.74, 6) is -0.177. The van der Waals surface area contributed by atoms with Crippen molar-refractivity contribution in [2.45, 2.75) is 24.4 Å². The summed E-state index contributed by atoms with van der Waals surface area (Å²) < 4.78 is 28.1. The number of nitrogens with one attached hydrogen (secondary N) is 2. The molecule has 3 aromatic carbocycles. The molecule has 0 aromatic heterocycles. The fraction of sp³-hybridized carbons (Fsp3) is 0.136. The molecule has 0 heterocycles. The van der Waals surface area contributed by atoms with E-state index in [1.807, 2.05) is 37.3 Å². The van der Waals surface area contributed by atoms with Gasteiger partial charge in [0.2, 0.25) is 10.0 Å². The lowest BCUT2D eigenvalue weighted by Gasteiger charge is -2.14. The highest BCUT2D eigenvalue weighted by Crippen LogP contribution is 2.16. The average molecular weight is 473 g/mol. The second-order valence-corrected chi connectivity index (χ2v) is 9.26. The quantitative estimate of drug-likeness (QED) is 0.534. The number of hydrogen-bond donors (Lipinski definition) is 2. The molecule has 0 fully saturated rings. The summed E-state index contributed by atoms with van der Waals surface area (Å²) in [7, 11) is -3.60. The van der Waals surface area contributed by atoms with Crippen molar-refractivity contribution in [1.29, 1.82) is 0 Å². The second-order valence-electron chi connectivity index (χ2n) is 6.58. The van der Waals surface area contributed by atoms with Crippen LogP contribution in [0.3, 0.4) is 0 Å². The number of halogens is 1. The Morgan fingerprint density at radius 1 is 0.931 bits per heavy atom. The molecular weight excluding hydrogens is 452 g/mol. The van der Waals surface area contributed by atoms with Crippen molar-refractivity contribution in [2.24, 2.45) is 0 Å². The zero-order chi connectivity index (χ0) is 20.9. The zero-order valence-electron chi connectivity index (χ0n) is 15.8. The Morgan fingerprint density at radius 2 is 1.55 bits per heavy atom. The van der Waals surface area contributed by atoms with E-state index in [-0.39, 0.29) is 23.4 Å². The van der Waals surface area contributed by atoms with E-state index < -0.39 is 10.0 Å². The number of carbonyl (C=O) groups excluding carboxylic acids is 1. The van der Waals surface area contributed by atoms with Crippen molar-refractivity contribution in [3.63, 3.8) is 0 Å². The molecule has 0 aliphatic rings. The zero-order valence-corrected chi connectivity index (χ0v) is 18.2. The van der Waals surface area contributed by atoms with Gasteiger partial charge in [0, 0.05) is 16.6 Å². The molecule has 0 radical (unpaired) electrons. The van der Waals surface area contributed by atoms with Crippen LogP contribution in [-0.4, -0.2) is 14.3 Å². The summed E-state index contributed by atoms with van der Waals surface area (Å²) in [4.78, 5) is 12.6. The minimum atomic E-state index is -3.60. The highest BCUT2D eigenvalue weighted by Gasteiger charge is 2.14. The molecule has 7 heteroatoms. The van der Waals surface area contributed by atoms with Gasteiger partial charge in [-0.2, -0.15) is 0 Å². The average Bonchev–Trinajstić information content (AvgIpc) is 2.73. The van der Waals surface area contributed by atoms with Gasteiger partial charge >= 0.3 is 0 Å². The lowest BCUT2D eigenvalue weighted by atomic mass is 10.1. The van der Waals surface area contributed by atoms with Crippen LogP contribution >= 0.6 is 15.9 Å². The van der Waals surface area contributed by atoms with E-state index in [0.717, 1.165) is 15.6 Å². The first-order valence-corrected chi connectivity index (χ1v) is 11.3. The van der Waals surface area contributed by atoms with E-state index in [9.17, 15) is 13.2 Å². The summed E-state index contributed by atoms with van der Waals surface area (Å²) in [5, 5.41) is 2.96. The Bertz CT molecular complexity index is 1070. The van der Waals surface area contributed by atoms with E-state index in [4.69, 9.17) is 0 Å². The lowest BCUT2D eigenvalue weighted by Crippen LogP contribution is -2.26. The van der Waals surface area contributed by atoms with Gasteiger partial charge in [-0.25, -0.2) is 13.1 Å². The molecule has 0 aliphatic heterocycles. The first kappa shape index (κ1) is 21.2. The molecule has 5 nitrogen and oxygen atoms in total. The van der Waals surface area contributed by atoms with Crippen molar-refractivity contribution in [3.05, 3.63) is 100 Å². The lowest BCUT2D eigenvalue weighted by molar-refractivity contribution is 0.0940. The van der Waals surface area contributed by atoms with Crippen LogP contribution in [0.25, 0.3) is 0 Å². The first-order chi connectivity index (χ1) is 13.8. The minimum Gasteiger partial charge on any atom is -0.346 e. The van der Waals surface area contributed by atoms with Crippen LogP contribution in [0.15, 0.2) is 88.2 Å². The summed E-state index contributed by atoms with van der Waals surface area (Å²) in [5.41, 5.74) is 2.31. The third-order valence-corrected chi connectivity index (χ3v) is 6.40. The van der Waals surface area contributed by atoms with Crippen LogP contribution in [-0.2, 0) is 16.6 Å². The molecule has 0 unspecified atom stereocenters. The SMILES string of the molecule is C[C@H](NC(=O)c1ccc(CNS(=O)(=O)c2ccc(Br)cc2)cc1)c1ccccc1. The normalized spacial score (nSPS) is 12.3. The smallest absolute Gasteiger partial charge is 0.251 e. The van der Waals surface area contributed by atoms with Gasteiger partial charge in [0.05, 0.1) is 10.9 Å². The number of carbonyl (C=O) groups is 1. The van der Waals surface area contributed by atoms with Crippen molar-refractivity contribution in [1.82, 2.24) is 10.0 Å². The molecule has 0 bridgehead atoms. The van der Waals surface area contributed by atoms with Gasteiger partial charge in [0.15, 0.2) is 0 Å². The predicted octanol–water partition coefficient (Wildman–Crippen LogP) is 4.42. The highest BCUT2D eigenvalue weighted by atomic mass is 79.9. The summed E-state index contributed by atoms with van der Waals surface area (Å²) in [6, 6.07) is 22.9. The van der Waals surface area contributed by atoms with Crippen LogP contribution in [0.4, 0.5) is 0 Å². The highest BCUT2D eigenvalue weighted by molar-refractivity contribution is 9.10. The summed E-state index contributed by atoms with van der Waals surface area (Å²) >= 11 is 3.29. The Morgan fingerprint density at radius 3 is 2.17 bits per heavy atom. The van der Waals surface area contributed by atoms with Gasteiger partial charge in [-0.3, -0.25) is 4.79 Å². The topological polar surface area (TPSA) is 75.3 Å². The van der Waals surface area contributed by atoms with Gasteiger partial charge in [-0.05, 0) is 54.4 Å². The molecule has 0 aliphatic carbocycles. The van der Waals surface area contributed by atoms with Crippen molar-refractivity contribution in [3.8, 4) is 0 Å². The van der Waals surface area contributed by atoms with E-state index >= 15 is 0 Å². The van der Waals surface area contributed by atoms with Crippen LogP contribution < -0.4 is 10.0 Å². The Labute approximate surface area is 179 Å². The minimum absolute atomic E-state index is 0.110. The molecule has 3 rings (SSSR count). The molecule has 0 spiro atoms. The standard InChI is InChI=1S/C22H21BrN2O3S/c1-16(18-5-3-2-4-6-18)25-22(26)19-9-7-17(8-10-19)15-24-29(27,28)21-13-11-20(23)12-14-21/h2-14,16,24H,15H2,1H3,(H,25,26)/t16-/m0/s1. The second kappa shape index (κ2) is 9.35. The Hall–Kier alpha value is -2.48. The molecule has 150 valence electrons. The van der Waals surface area contributed by atoms with E-state index in [1.54, 1.807) is 36.4 Å². The molecule has 3 aromatic rings. The van der Waals surface area contributed by atoms with Crippen LogP contribution in [0.5, 0.6) is 0 Å². The van der Waals surface area contributed by atoms with Gasteiger partial charge in [-0.1, -0.05) is 58.4 Å². The van der Waals surface area contributed by atoms with E-state index in [1.165, 1.54) is 12.1 Å². The third kappa shape index (κ3) is 5.76. The number of rotatable bonds is 7. The molecule has 1 atom stereocenters. The third-order valence-electron chi connectivity index (χ3n) is 4.45. The molecule has 2 N–H and O–H groups in total. The molecular formula is C22H21BrN2O3S.